The van der Waals surface area contributed by atoms with E-state index < -0.39 is 0 Å². The Morgan fingerprint density at radius 1 is 1.67 bits per heavy atom. The van der Waals surface area contributed by atoms with Crippen LogP contribution in [0.2, 0.25) is 0 Å². The highest BCUT2D eigenvalue weighted by molar-refractivity contribution is 7.99. The quantitative estimate of drug-likeness (QED) is 0.527. The SMILES string of the molecule is C=CCSCCNC(=O)[C@@H]1CCCNC1. The van der Waals surface area contributed by atoms with E-state index in [2.05, 4.69) is 17.2 Å². The van der Waals surface area contributed by atoms with Gasteiger partial charge in [-0.2, -0.15) is 11.8 Å². The molecule has 0 spiro atoms. The summed E-state index contributed by atoms with van der Waals surface area (Å²) in [6, 6.07) is 0. The van der Waals surface area contributed by atoms with Crippen molar-refractivity contribution in [2.75, 3.05) is 31.1 Å². The summed E-state index contributed by atoms with van der Waals surface area (Å²) in [7, 11) is 0. The first-order chi connectivity index (χ1) is 7.34. The normalized spacial score (nSPS) is 20.9. The van der Waals surface area contributed by atoms with Gasteiger partial charge in [0.2, 0.25) is 5.91 Å². The van der Waals surface area contributed by atoms with Crippen LogP contribution < -0.4 is 10.6 Å². The van der Waals surface area contributed by atoms with Crippen molar-refractivity contribution < 1.29 is 4.79 Å². The fourth-order valence-electron chi connectivity index (χ4n) is 1.63. The van der Waals surface area contributed by atoms with Gasteiger partial charge in [0.15, 0.2) is 0 Å². The summed E-state index contributed by atoms with van der Waals surface area (Å²) < 4.78 is 0. The van der Waals surface area contributed by atoms with Crippen LogP contribution >= 0.6 is 11.8 Å². The smallest absolute Gasteiger partial charge is 0.224 e. The highest BCUT2D eigenvalue weighted by atomic mass is 32.2. The molecular formula is C11H20N2OS. The lowest BCUT2D eigenvalue weighted by Gasteiger charge is -2.21. The first kappa shape index (κ1) is 12.6. The third-order valence-electron chi connectivity index (χ3n) is 2.45. The molecule has 0 radical (unpaired) electrons. The average molecular weight is 228 g/mol. The molecule has 3 nitrogen and oxygen atoms in total. The van der Waals surface area contributed by atoms with Gasteiger partial charge in [-0.25, -0.2) is 0 Å². The number of hydrogen-bond donors (Lipinski definition) is 2. The molecule has 1 aliphatic rings. The number of nitrogens with one attached hydrogen (secondary N) is 2. The minimum Gasteiger partial charge on any atom is -0.355 e. The fourth-order valence-corrected chi connectivity index (χ4v) is 2.21. The molecule has 0 aromatic carbocycles. The molecule has 4 heteroatoms. The van der Waals surface area contributed by atoms with E-state index in [9.17, 15) is 4.79 Å². The Hall–Kier alpha value is -0.480. The summed E-state index contributed by atoms with van der Waals surface area (Å²) in [4.78, 5) is 11.7. The van der Waals surface area contributed by atoms with Gasteiger partial charge in [-0.3, -0.25) is 4.79 Å². The van der Waals surface area contributed by atoms with E-state index in [1.807, 2.05) is 6.08 Å². The summed E-state index contributed by atoms with van der Waals surface area (Å²) in [5.74, 6) is 2.32. The monoisotopic (exact) mass is 228 g/mol. The molecule has 0 aromatic rings. The number of thioether (sulfide) groups is 1. The zero-order valence-electron chi connectivity index (χ0n) is 9.13. The molecule has 0 saturated carbocycles. The zero-order chi connectivity index (χ0) is 10.9. The Balaban J connectivity index is 2.04. The summed E-state index contributed by atoms with van der Waals surface area (Å²) in [5, 5.41) is 6.22. The van der Waals surface area contributed by atoms with Crippen LogP contribution in [0.5, 0.6) is 0 Å². The van der Waals surface area contributed by atoms with Gasteiger partial charge in [-0.05, 0) is 19.4 Å². The van der Waals surface area contributed by atoms with Crippen LogP contribution in [0.4, 0.5) is 0 Å². The minimum absolute atomic E-state index is 0.183. The van der Waals surface area contributed by atoms with Gasteiger partial charge >= 0.3 is 0 Å². The van der Waals surface area contributed by atoms with Crippen molar-refractivity contribution in [2.24, 2.45) is 5.92 Å². The first-order valence-corrected chi connectivity index (χ1v) is 6.67. The first-order valence-electron chi connectivity index (χ1n) is 5.51. The van der Waals surface area contributed by atoms with Crippen LogP contribution in [0.15, 0.2) is 12.7 Å². The van der Waals surface area contributed by atoms with Crippen molar-refractivity contribution in [1.29, 1.82) is 0 Å². The Morgan fingerprint density at radius 3 is 3.20 bits per heavy atom. The number of rotatable bonds is 6. The average Bonchev–Trinajstić information content (AvgIpc) is 2.30. The Labute approximate surface area is 96.1 Å². The molecule has 1 aliphatic heterocycles. The van der Waals surface area contributed by atoms with Crippen molar-refractivity contribution in [1.82, 2.24) is 10.6 Å². The van der Waals surface area contributed by atoms with E-state index in [0.717, 1.165) is 44.0 Å². The molecule has 1 atom stereocenters. The molecular weight excluding hydrogens is 208 g/mol. The summed E-state index contributed by atoms with van der Waals surface area (Å²) in [6.07, 6.45) is 4.03. The van der Waals surface area contributed by atoms with Crippen molar-refractivity contribution in [3.63, 3.8) is 0 Å². The predicted molar refractivity (Wildman–Crippen MR) is 66.1 cm³/mol. The van der Waals surface area contributed by atoms with E-state index in [-0.39, 0.29) is 11.8 Å². The third-order valence-corrected chi connectivity index (χ3v) is 3.41. The molecule has 0 aliphatic carbocycles. The van der Waals surface area contributed by atoms with Crippen LogP contribution in [-0.2, 0) is 4.79 Å². The lowest BCUT2D eigenvalue weighted by Crippen LogP contribution is -2.41. The lowest BCUT2D eigenvalue weighted by molar-refractivity contribution is -0.125. The molecule has 0 bridgehead atoms. The van der Waals surface area contributed by atoms with Gasteiger partial charge in [0.1, 0.15) is 0 Å². The molecule has 15 heavy (non-hydrogen) atoms. The topological polar surface area (TPSA) is 41.1 Å². The van der Waals surface area contributed by atoms with Crippen molar-refractivity contribution in [3.8, 4) is 0 Å². The second-order valence-corrected chi connectivity index (χ2v) is 4.85. The number of amides is 1. The van der Waals surface area contributed by atoms with E-state index >= 15 is 0 Å². The maximum absolute atomic E-state index is 11.7. The maximum Gasteiger partial charge on any atom is 0.224 e. The van der Waals surface area contributed by atoms with Crippen molar-refractivity contribution in [2.45, 2.75) is 12.8 Å². The molecule has 1 amide bonds. The van der Waals surface area contributed by atoms with Crippen molar-refractivity contribution in [3.05, 3.63) is 12.7 Å². The molecule has 1 saturated heterocycles. The highest BCUT2D eigenvalue weighted by Crippen LogP contribution is 2.09. The number of carbonyl (C=O) groups excluding carboxylic acids is 1. The minimum atomic E-state index is 0.183. The van der Waals surface area contributed by atoms with E-state index in [0.29, 0.717) is 0 Å². The second-order valence-electron chi connectivity index (χ2n) is 3.70. The van der Waals surface area contributed by atoms with Crippen LogP contribution in [0.3, 0.4) is 0 Å². The number of piperidine rings is 1. The molecule has 1 heterocycles. The van der Waals surface area contributed by atoms with Crippen LogP contribution in [0.25, 0.3) is 0 Å². The fraction of sp³-hybridized carbons (Fsp3) is 0.727. The molecule has 0 unspecified atom stereocenters. The largest absolute Gasteiger partial charge is 0.355 e. The molecule has 86 valence electrons. The number of hydrogen-bond acceptors (Lipinski definition) is 3. The molecule has 1 fully saturated rings. The van der Waals surface area contributed by atoms with Gasteiger partial charge in [0.05, 0.1) is 5.92 Å². The predicted octanol–water partition coefficient (Wildman–Crippen LogP) is 1.02. The Morgan fingerprint density at radius 2 is 2.53 bits per heavy atom. The molecule has 1 rings (SSSR count). The Kier molecular flexibility index (Phi) is 6.52. The molecule has 2 N–H and O–H groups in total. The summed E-state index contributed by atoms with van der Waals surface area (Å²) >= 11 is 1.79. The van der Waals surface area contributed by atoms with E-state index in [1.165, 1.54) is 0 Å². The summed E-state index contributed by atoms with van der Waals surface area (Å²) in [5.41, 5.74) is 0. The van der Waals surface area contributed by atoms with Crippen LogP contribution in [0, 0.1) is 5.92 Å². The van der Waals surface area contributed by atoms with Gasteiger partial charge in [0.25, 0.3) is 0 Å². The number of carbonyl (C=O) groups is 1. The van der Waals surface area contributed by atoms with Gasteiger partial charge < -0.3 is 10.6 Å². The van der Waals surface area contributed by atoms with Crippen LogP contribution in [-0.4, -0.2) is 37.0 Å². The highest BCUT2D eigenvalue weighted by Gasteiger charge is 2.19. The van der Waals surface area contributed by atoms with E-state index in [4.69, 9.17) is 0 Å². The van der Waals surface area contributed by atoms with Crippen LogP contribution in [0.1, 0.15) is 12.8 Å². The Bertz CT molecular complexity index is 203. The second kappa shape index (κ2) is 7.77. The third kappa shape index (κ3) is 5.23. The standard InChI is InChI=1S/C11H20N2OS/c1-2-7-15-8-6-13-11(14)10-4-3-5-12-9-10/h2,10,12H,1,3-9H2,(H,13,14)/t10-/m1/s1. The van der Waals surface area contributed by atoms with Crippen molar-refractivity contribution >= 4 is 17.7 Å². The van der Waals surface area contributed by atoms with Gasteiger partial charge in [-0.1, -0.05) is 6.08 Å². The summed E-state index contributed by atoms with van der Waals surface area (Å²) in [6.45, 7) is 6.32. The lowest BCUT2D eigenvalue weighted by atomic mass is 9.99. The van der Waals surface area contributed by atoms with Gasteiger partial charge in [0, 0.05) is 24.6 Å². The van der Waals surface area contributed by atoms with E-state index in [1.54, 1.807) is 11.8 Å². The van der Waals surface area contributed by atoms with Gasteiger partial charge in [-0.15, -0.1) is 6.58 Å². The maximum atomic E-state index is 11.7. The zero-order valence-corrected chi connectivity index (χ0v) is 9.94. The molecule has 0 aromatic heterocycles.